The van der Waals surface area contributed by atoms with Gasteiger partial charge in [0, 0.05) is 16.8 Å². The van der Waals surface area contributed by atoms with Crippen molar-refractivity contribution in [3.05, 3.63) is 0 Å². The number of nitrogens with zero attached hydrogens (tertiary/aromatic N) is 2. The van der Waals surface area contributed by atoms with E-state index in [1.54, 1.807) is 0 Å². The summed E-state index contributed by atoms with van der Waals surface area (Å²) in [5.41, 5.74) is 0. The fourth-order valence-electron chi connectivity index (χ4n) is 3.54. The standard InChI is InChI=1S/C20H40N2O3Si/c1-5-9-10-11-12-13-14-21-15-16-22(18-21)20(24-7-3,25-8-4)19(17-26)23-6-2/h18-19H,5-17H2,1-4H3/q+1. The zero-order valence-corrected chi connectivity index (χ0v) is 18.5. The molecule has 0 amide bonds. The van der Waals surface area contributed by atoms with Crippen molar-refractivity contribution >= 4 is 16.6 Å². The molecule has 6 heteroatoms. The van der Waals surface area contributed by atoms with Crippen LogP contribution in [0.5, 0.6) is 0 Å². The number of ether oxygens (including phenoxy) is 3. The average molecular weight is 385 g/mol. The first kappa shape index (κ1) is 23.6. The van der Waals surface area contributed by atoms with Crippen LogP contribution in [0.4, 0.5) is 0 Å². The molecule has 26 heavy (non-hydrogen) atoms. The lowest BCUT2D eigenvalue weighted by Crippen LogP contribution is -2.60. The van der Waals surface area contributed by atoms with Crippen LogP contribution in [0.3, 0.4) is 0 Å². The quantitative estimate of drug-likeness (QED) is 0.177. The molecule has 0 aromatic carbocycles. The highest BCUT2D eigenvalue weighted by atomic mass is 28.1. The molecule has 0 spiro atoms. The van der Waals surface area contributed by atoms with Gasteiger partial charge in [-0.05, 0) is 39.7 Å². The third kappa shape index (κ3) is 6.95. The maximum absolute atomic E-state index is 6.17. The first-order valence-electron chi connectivity index (χ1n) is 10.6. The molecule has 0 aliphatic carbocycles. The van der Waals surface area contributed by atoms with E-state index < -0.39 is 5.91 Å². The van der Waals surface area contributed by atoms with Gasteiger partial charge in [0.2, 0.25) is 6.34 Å². The second kappa shape index (κ2) is 13.7. The van der Waals surface area contributed by atoms with E-state index in [2.05, 4.69) is 33.0 Å². The largest absolute Gasteiger partial charge is 0.368 e. The molecule has 1 aliphatic heterocycles. The predicted octanol–water partition coefficient (Wildman–Crippen LogP) is 3.42. The molecule has 1 aliphatic rings. The van der Waals surface area contributed by atoms with Gasteiger partial charge < -0.3 is 14.2 Å². The molecule has 0 saturated carbocycles. The minimum atomic E-state index is -0.864. The minimum Gasteiger partial charge on any atom is -0.368 e. The molecule has 3 radical (unpaired) electrons. The van der Waals surface area contributed by atoms with Crippen molar-refractivity contribution in [2.45, 2.75) is 84.3 Å². The summed E-state index contributed by atoms with van der Waals surface area (Å²) < 4.78 is 20.7. The summed E-state index contributed by atoms with van der Waals surface area (Å²) in [6.45, 7) is 13.1. The molecular weight excluding hydrogens is 344 g/mol. The third-order valence-corrected chi connectivity index (χ3v) is 5.16. The summed E-state index contributed by atoms with van der Waals surface area (Å²) >= 11 is 0. The highest BCUT2D eigenvalue weighted by molar-refractivity contribution is 6.08. The molecular formula is C20H40N2O3Si+. The van der Waals surface area contributed by atoms with Crippen LogP contribution in [0.1, 0.15) is 66.2 Å². The van der Waals surface area contributed by atoms with Crippen molar-refractivity contribution in [1.29, 1.82) is 0 Å². The number of unbranched alkanes of at least 4 members (excludes halogenated alkanes) is 5. The van der Waals surface area contributed by atoms with Gasteiger partial charge in [-0.2, -0.15) is 0 Å². The molecule has 1 heterocycles. The molecule has 0 N–H and O–H groups in total. The van der Waals surface area contributed by atoms with Crippen LogP contribution in [-0.4, -0.2) is 77.5 Å². The smallest absolute Gasteiger partial charge is 0.349 e. The third-order valence-electron chi connectivity index (χ3n) is 4.79. The number of hydrogen-bond donors (Lipinski definition) is 0. The summed E-state index contributed by atoms with van der Waals surface area (Å²) in [6.07, 6.45) is 9.95. The molecule has 0 aromatic rings. The Kier molecular flexibility index (Phi) is 12.4. The van der Waals surface area contributed by atoms with Crippen molar-refractivity contribution in [3.8, 4) is 0 Å². The van der Waals surface area contributed by atoms with Crippen LogP contribution in [0.25, 0.3) is 0 Å². The predicted molar refractivity (Wildman–Crippen MR) is 108 cm³/mol. The summed E-state index contributed by atoms with van der Waals surface area (Å²) in [4.78, 5) is 2.19. The highest BCUT2D eigenvalue weighted by Gasteiger charge is 2.52. The molecule has 0 saturated heterocycles. The molecule has 1 unspecified atom stereocenters. The van der Waals surface area contributed by atoms with E-state index in [0.29, 0.717) is 25.9 Å². The van der Waals surface area contributed by atoms with Crippen LogP contribution in [0.2, 0.25) is 6.04 Å². The van der Waals surface area contributed by atoms with Crippen LogP contribution in [0, 0.1) is 0 Å². The van der Waals surface area contributed by atoms with Gasteiger partial charge in [-0.15, -0.1) is 0 Å². The highest BCUT2D eigenvalue weighted by Crippen LogP contribution is 2.28. The van der Waals surface area contributed by atoms with Gasteiger partial charge in [-0.1, -0.05) is 32.6 Å². The normalized spacial score (nSPS) is 16.2. The van der Waals surface area contributed by atoms with Crippen molar-refractivity contribution in [2.75, 3.05) is 39.5 Å². The zero-order valence-electron chi connectivity index (χ0n) is 17.5. The van der Waals surface area contributed by atoms with E-state index >= 15 is 0 Å². The molecule has 151 valence electrons. The van der Waals surface area contributed by atoms with E-state index in [9.17, 15) is 0 Å². The van der Waals surface area contributed by atoms with Crippen LogP contribution in [-0.2, 0) is 14.2 Å². The van der Waals surface area contributed by atoms with Gasteiger partial charge in [0.05, 0.1) is 19.8 Å². The van der Waals surface area contributed by atoms with E-state index in [1.165, 1.54) is 38.5 Å². The van der Waals surface area contributed by atoms with Gasteiger partial charge in [0.25, 0.3) is 0 Å². The number of rotatable bonds is 16. The van der Waals surface area contributed by atoms with E-state index in [4.69, 9.17) is 14.2 Å². The molecule has 1 atom stereocenters. The lowest BCUT2D eigenvalue weighted by molar-refractivity contribution is -0.514. The van der Waals surface area contributed by atoms with Gasteiger partial charge in [0.15, 0.2) is 6.10 Å². The van der Waals surface area contributed by atoms with E-state index in [-0.39, 0.29) is 6.10 Å². The first-order chi connectivity index (χ1) is 12.7. The summed E-state index contributed by atoms with van der Waals surface area (Å²) in [5.74, 6) is -0.864. The fraction of sp³-hybridized carbons (Fsp3) is 0.950. The Morgan fingerprint density at radius 2 is 1.65 bits per heavy atom. The van der Waals surface area contributed by atoms with Gasteiger partial charge in [-0.3, -0.25) is 4.58 Å². The van der Waals surface area contributed by atoms with Crippen molar-refractivity contribution in [2.24, 2.45) is 0 Å². The van der Waals surface area contributed by atoms with Crippen LogP contribution >= 0.6 is 0 Å². The topological polar surface area (TPSA) is 33.9 Å². The van der Waals surface area contributed by atoms with E-state index in [0.717, 1.165) is 19.6 Å². The molecule has 0 aromatic heterocycles. The first-order valence-corrected chi connectivity index (χ1v) is 11.3. The second-order valence-electron chi connectivity index (χ2n) is 6.76. The Balaban J connectivity index is 2.73. The van der Waals surface area contributed by atoms with Gasteiger partial charge in [0.1, 0.15) is 13.1 Å². The fourth-order valence-corrected chi connectivity index (χ4v) is 3.91. The zero-order chi connectivity index (χ0) is 19.3. The molecule has 5 nitrogen and oxygen atoms in total. The maximum atomic E-state index is 6.17. The van der Waals surface area contributed by atoms with Gasteiger partial charge >= 0.3 is 5.91 Å². The molecule has 1 rings (SSSR count). The lowest BCUT2D eigenvalue weighted by atomic mass is 10.1. The van der Waals surface area contributed by atoms with Crippen molar-refractivity contribution in [3.63, 3.8) is 0 Å². The average Bonchev–Trinajstić information content (AvgIpc) is 3.11. The Hall–Kier alpha value is -0.433. The Morgan fingerprint density at radius 1 is 1.00 bits per heavy atom. The Bertz CT molecular complexity index is 387. The summed E-state index contributed by atoms with van der Waals surface area (Å²) in [6, 6.07) is 0.662. The monoisotopic (exact) mass is 384 g/mol. The van der Waals surface area contributed by atoms with E-state index in [1.807, 2.05) is 20.8 Å². The Labute approximate surface area is 164 Å². The van der Waals surface area contributed by atoms with Crippen LogP contribution in [0.15, 0.2) is 0 Å². The summed E-state index contributed by atoms with van der Waals surface area (Å²) in [7, 11) is 3.64. The molecule has 0 bridgehead atoms. The maximum Gasteiger partial charge on any atom is 0.349 e. The number of hydrogen-bond acceptors (Lipinski definition) is 4. The Morgan fingerprint density at radius 3 is 2.23 bits per heavy atom. The minimum absolute atomic E-state index is 0.186. The second-order valence-corrected chi connectivity index (χ2v) is 7.17. The van der Waals surface area contributed by atoms with Crippen molar-refractivity contribution in [1.82, 2.24) is 4.90 Å². The van der Waals surface area contributed by atoms with Crippen molar-refractivity contribution < 1.29 is 18.8 Å². The van der Waals surface area contributed by atoms with Gasteiger partial charge in [-0.25, -0.2) is 4.90 Å². The summed E-state index contributed by atoms with van der Waals surface area (Å²) in [5, 5.41) is 0. The SMILES string of the molecule is CCCCCCCC[N+]1=CN(C(OCC)(OCC)C(C[Si])OCC)CC1. The lowest BCUT2D eigenvalue weighted by Gasteiger charge is -2.39. The molecule has 0 fully saturated rings. The van der Waals surface area contributed by atoms with Crippen LogP contribution < -0.4 is 0 Å².